The molecular weight excluding hydrogens is 864 g/mol. The molecular formula is C48H55ClN10O7. The summed E-state index contributed by atoms with van der Waals surface area (Å²) in [5, 5.41) is 5.98. The number of amides is 6. The molecule has 0 radical (unpaired) electrons. The summed E-state index contributed by atoms with van der Waals surface area (Å²) in [5.74, 6) is 0.303. The average molecular weight is 919 g/mol. The normalized spacial score (nSPS) is 17.8. The van der Waals surface area contributed by atoms with E-state index in [-0.39, 0.29) is 48.9 Å². The summed E-state index contributed by atoms with van der Waals surface area (Å²) in [6, 6.07) is 19.1. The van der Waals surface area contributed by atoms with Gasteiger partial charge in [-0.2, -0.15) is 0 Å². The van der Waals surface area contributed by atoms with Crippen molar-refractivity contribution in [2.75, 3.05) is 34.0 Å². The Hall–Kier alpha value is -6.88. The molecule has 0 aliphatic carbocycles. The van der Waals surface area contributed by atoms with Gasteiger partial charge >= 0.3 is 18.2 Å². The van der Waals surface area contributed by atoms with Crippen LogP contribution in [-0.2, 0) is 32.2 Å². The number of likely N-dealkylation sites (tertiary alicyclic amines) is 1. The first-order valence-electron chi connectivity index (χ1n) is 22.1. The first-order valence-corrected chi connectivity index (χ1v) is 22.5. The van der Waals surface area contributed by atoms with E-state index in [2.05, 4.69) is 25.6 Å². The van der Waals surface area contributed by atoms with Gasteiger partial charge in [-0.1, -0.05) is 93.9 Å². The summed E-state index contributed by atoms with van der Waals surface area (Å²) < 4.78 is 9.60. The van der Waals surface area contributed by atoms with Crippen molar-refractivity contribution in [1.82, 2.24) is 50.2 Å². The topological polar surface area (TPSA) is 198 Å². The largest absolute Gasteiger partial charge is 0.453 e. The van der Waals surface area contributed by atoms with Crippen molar-refractivity contribution < 1.29 is 33.4 Å². The summed E-state index contributed by atoms with van der Waals surface area (Å²) in [6.45, 7) is 9.06. The highest BCUT2D eigenvalue weighted by molar-refractivity contribution is 6.30. The van der Waals surface area contributed by atoms with Crippen molar-refractivity contribution in [3.63, 3.8) is 0 Å². The minimum Gasteiger partial charge on any atom is -0.453 e. The van der Waals surface area contributed by atoms with Gasteiger partial charge in [-0.15, -0.1) is 0 Å². The van der Waals surface area contributed by atoms with E-state index in [1.165, 1.54) is 14.2 Å². The van der Waals surface area contributed by atoms with E-state index < -0.39 is 30.3 Å². The number of hydrogen-bond acceptors (Lipinski definition) is 9. The molecule has 2 saturated heterocycles. The highest BCUT2D eigenvalue weighted by atomic mass is 35.5. The van der Waals surface area contributed by atoms with Crippen LogP contribution in [0, 0.1) is 11.8 Å². The SMILES string of the molecule is COC(=O)N[C@H](C(=O)N1CN(C(=O)N2Cc3ccc(Cl)cc3C2)CC1c1ncc(-c2ccc(-c3ccc(-c4cnc([C@@H]5CCCN5C(=O)[C@@H](NC(=O)OC)C(C)C)[nH]4)cc3)cc2)[nH]1)C(C)C. The van der Waals surface area contributed by atoms with Gasteiger partial charge in [-0.3, -0.25) is 9.59 Å². The molecule has 8 rings (SSSR count). The molecule has 3 aromatic carbocycles. The van der Waals surface area contributed by atoms with Crippen molar-refractivity contribution in [2.24, 2.45) is 11.8 Å². The van der Waals surface area contributed by atoms with Gasteiger partial charge in [0, 0.05) is 24.7 Å². The molecule has 18 heteroatoms. The van der Waals surface area contributed by atoms with E-state index in [0.717, 1.165) is 57.6 Å². The number of nitrogens with zero attached hydrogens (tertiary/aromatic N) is 6. The zero-order valence-electron chi connectivity index (χ0n) is 37.8. The molecule has 346 valence electrons. The number of H-pyrrole nitrogens is 2. The van der Waals surface area contributed by atoms with Gasteiger partial charge in [0.1, 0.15) is 29.8 Å². The zero-order chi connectivity index (χ0) is 46.8. The standard InChI is InChI=1S/C48H55ClN10O7/c1-27(2)40(54-46(62)65-5)44(60)58-19-7-8-38(58)42-50-21-36(52-42)31-13-9-29(10-14-31)30-11-15-32(16-12-30)37-22-51-43(53-37)39-25-57(26-59(39)45(61)41(28(3)4)55-47(63)66-6)48(64)56-23-33-17-18-35(49)20-34(33)24-56/h9-18,20-22,27-28,38-41H,7-8,19,23-26H2,1-6H3,(H,50,52)(H,51,53)(H,54,62)(H,55,63)/t38-,39?,40-,41-/m0/s1. The molecule has 0 saturated carbocycles. The maximum absolute atomic E-state index is 14.3. The van der Waals surface area contributed by atoms with Gasteiger partial charge in [0.05, 0.1) is 57.3 Å². The lowest BCUT2D eigenvalue weighted by molar-refractivity contribution is -0.136. The predicted molar refractivity (Wildman–Crippen MR) is 246 cm³/mol. The molecule has 4 atom stereocenters. The van der Waals surface area contributed by atoms with Gasteiger partial charge < -0.3 is 49.7 Å². The molecule has 66 heavy (non-hydrogen) atoms. The lowest BCUT2D eigenvalue weighted by atomic mass is 10.0. The number of carbonyl (C=O) groups is 5. The van der Waals surface area contributed by atoms with Gasteiger partial charge in [-0.05, 0) is 70.2 Å². The maximum atomic E-state index is 14.3. The summed E-state index contributed by atoms with van der Waals surface area (Å²) in [5.41, 5.74) is 7.41. The molecule has 1 unspecified atom stereocenters. The Bertz CT molecular complexity index is 2590. The van der Waals surface area contributed by atoms with E-state index >= 15 is 0 Å². The summed E-state index contributed by atoms with van der Waals surface area (Å²) in [7, 11) is 2.53. The Morgan fingerprint density at radius 3 is 1.70 bits per heavy atom. The maximum Gasteiger partial charge on any atom is 0.407 e. The Balaban J connectivity index is 0.959. The lowest BCUT2D eigenvalue weighted by Gasteiger charge is -2.30. The van der Waals surface area contributed by atoms with Crippen LogP contribution in [0.3, 0.4) is 0 Å². The number of imidazole rings is 2. The number of fused-ring (bicyclic) bond motifs is 1. The second-order valence-electron chi connectivity index (χ2n) is 17.7. The van der Waals surface area contributed by atoms with Crippen LogP contribution in [0.1, 0.15) is 75.4 Å². The monoisotopic (exact) mass is 918 g/mol. The minimum absolute atomic E-state index is 0.00365. The second kappa shape index (κ2) is 19.3. The predicted octanol–water partition coefficient (Wildman–Crippen LogP) is 7.49. The number of benzene rings is 3. The zero-order valence-corrected chi connectivity index (χ0v) is 38.6. The quantitative estimate of drug-likeness (QED) is 0.104. The number of rotatable bonds is 11. The molecule has 4 N–H and O–H groups in total. The Morgan fingerprint density at radius 2 is 1.17 bits per heavy atom. The number of hydrogen-bond donors (Lipinski definition) is 4. The molecule has 3 aliphatic heterocycles. The van der Waals surface area contributed by atoms with Crippen LogP contribution in [-0.4, -0.2) is 116 Å². The van der Waals surface area contributed by atoms with Crippen molar-refractivity contribution >= 4 is 41.6 Å². The van der Waals surface area contributed by atoms with Crippen LogP contribution in [0.15, 0.2) is 79.1 Å². The Morgan fingerprint density at radius 1 is 0.667 bits per heavy atom. The van der Waals surface area contributed by atoms with Gasteiger partial charge in [-0.25, -0.2) is 24.4 Å². The van der Waals surface area contributed by atoms with Crippen molar-refractivity contribution in [3.8, 4) is 33.6 Å². The van der Waals surface area contributed by atoms with E-state index in [9.17, 15) is 24.0 Å². The van der Waals surface area contributed by atoms with Crippen LogP contribution in [0.25, 0.3) is 33.6 Å². The third-order valence-corrected chi connectivity index (χ3v) is 12.9. The molecule has 5 heterocycles. The lowest BCUT2D eigenvalue weighted by Crippen LogP contribution is -2.52. The first kappa shape index (κ1) is 45.7. The van der Waals surface area contributed by atoms with Crippen molar-refractivity contribution in [3.05, 3.63) is 107 Å². The number of urea groups is 1. The van der Waals surface area contributed by atoms with Crippen LogP contribution < -0.4 is 10.6 Å². The van der Waals surface area contributed by atoms with Gasteiger partial charge in [0.2, 0.25) is 11.8 Å². The Kier molecular flexibility index (Phi) is 13.4. The number of methoxy groups -OCH3 is 2. The fourth-order valence-electron chi connectivity index (χ4n) is 9.00. The number of ether oxygens (including phenoxy) is 2. The molecule has 0 bridgehead atoms. The first-order chi connectivity index (χ1) is 31.7. The molecule has 0 spiro atoms. The number of nitrogens with one attached hydrogen (secondary N) is 4. The van der Waals surface area contributed by atoms with E-state index in [0.29, 0.717) is 36.3 Å². The summed E-state index contributed by atoms with van der Waals surface area (Å²) >= 11 is 6.25. The molecule has 17 nitrogen and oxygen atoms in total. The number of aromatic amines is 2. The Labute approximate surface area is 388 Å². The minimum atomic E-state index is -0.900. The van der Waals surface area contributed by atoms with E-state index in [1.54, 1.807) is 32.0 Å². The number of carbonyl (C=O) groups excluding carboxylic acids is 5. The van der Waals surface area contributed by atoms with Crippen LogP contribution in [0.2, 0.25) is 5.02 Å². The highest BCUT2D eigenvalue weighted by Crippen LogP contribution is 2.35. The second-order valence-corrected chi connectivity index (χ2v) is 18.1. The summed E-state index contributed by atoms with van der Waals surface area (Å²) in [6.07, 6.45) is 3.73. The number of alkyl carbamates (subject to hydrolysis) is 2. The van der Waals surface area contributed by atoms with Crippen LogP contribution >= 0.6 is 11.6 Å². The van der Waals surface area contributed by atoms with Gasteiger partial charge in [0.15, 0.2) is 0 Å². The smallest absolute Gasteiger partial charge is 0.407 e. The van der Waals surface area contributed by atoms with Crippen LogP contribution in [0.4, 0.5) is 14.4 Å². The van der Waals surface area contributed by atoms with Crippen molar-refractivity contribution in [2.45, 2.75) is 77.8 Å². The average Bonchev–Trinajstić information content (AvgIpc) is 4.18. The molecule has 2 aromatic heterocycles. The highest BCUT2D eigenvalue weighted by Gasteiger charge is 2.44. The number of halogens is 1. The molecule has 2 fully saturated rings. The van der Waals surface area contributed by atoms with Gasteiger partial charge in [0.25, 0.3) is 0 Å². The molecule has 3 aliphatic rings. The van der Waals surface area contributed by atoms with Crippen LogP contribution in [0.5, 0.6) is 0 Å². The fraction of sp³-hybridized carbons (Fsp3) is 0.396. The van der Waals surface area contributed by atoms with E-state index in [1.807, 2.05) is 94.4 Å². The third-order valence-electron chi connectivity index (χ3n) is 12.7. The number of aromatic nitrogens is 4. The molecule has 6 amide bonds. The molecule has 5 aromatic rings. The summed E-state index contributed by atoms with van der Waals surface area (Å²) in [4.78, 5) is 89.3. The third kappa shape index (κ3) is 9.43. The van der Waals surface area contributed by atoms with E-state index in [4.69, 9.17) is 26.1 Å². The fourth-order valence-corrected chi connectivity index (χ4v) is 9.20. The van der Waals surface area contributed by atoms with Crippen molar-refractivity contribution in [1.29, 1.82) is 0 Å².